The third kappa shape index (κ3) is 4.66. The van der Waals surface area contributed by atoms with Crippen molar-refractivity contribution >= 4 is 38.6 Å². The highest BCUT2D eigenvalue weighted by atomic mass is 79.9. The van der Waals surface area contributed by atoms with Crippen molar-refractivity contribution in [2.24, 2.45) is 5.41 Å². The molecule has 1 saturated heterocycles. The van der Waals surface area contributed by atoms with Gasteiger partial charge in [0.2, 0.25) is 5.91 Å². The fourth-order valence-electron chi connectivity index (χ4n) is 4.56. The molecule has 0 aliphatic carbocycles. The molecule has 3 aromatic rings. The summed E-state index contributed by atoms with van der Waals surface area (Å²) in [7, 11) is 0. The van der Waals surface area contributed by atoms with Gasteiger partial charge in [0.25, 0.3) is 11.5 Å². The van der Waals surface area contributed by atoms with Crippen LogP contribution in [0.5, 0.6) is 0 Å². The lowest BCUT2D eigenvalue weighted by atomic mass is 9.95. The van der Waals surface area contributed by atoms with Crippen molar-refractivity contribution in [2.45, 2.75) is 53.6 Å². The Hall–Kier alpha value is -2.94. The van der Waals surface area contributed by atoms with Crippen LogP contribution in [-0.4, -0.2) is 44.6 Å². The molecule has 1 unspecified atom stereocenters. The number of aryl methyl sites for hydroxylation is 2. The van der Waals surface area contributed by atoms with Gasteiger partial charge in [-0.25, -0.2) is 0 Å². The average Bonchev–Trinajstić information content (AvgIpc) is 3.37. The molecular formula is C25H30BrN5O3. The second kappa shape index (κ2) is 9.02. The molecule has 1 aliphatic rings. The normalized spacial score (nSPS) is 16.3. The van der Waals surface area contributed by atoms with E-state index in [1.165, 1.54) is 0 Å². The minimum absolute atomic E-state index is 0.0442. The molecule has 180 valence electrons. The summed E-state index contributed by atoms with van der Waals surface area (Å²) in [5.41, 5.74) is 2.86. The summed E-state index contributed by atoms with van der Waals surface area (Å²) in [4.78, 5) is 42.8. The Kier molecular flexibility index (Phi) is 6.42. The summed E-state index contributed by atoms with van der Waals surface area (Å²) in [6.07, 6.45) is 2.51. The number of rotatable bonds is 4. The zero-order valence-electron chi connectivity index (χ0n) is 20.2. The van der Waals surface area contributed by atoms with E-state index in [4.69, 9.17) is 0 Å². The predicted octanol–water partition coefficient (Wildman–Crippen LogP) is 3.85. The Labute approximate surface area is 206 Å². The molecule has 2 N–H and O–H groups in total. The van der Waals surface area contributed by atoms with Crippen LogP contribution < -0.4 is 10.9 Å². The Morgan fingerprint density at radius 3 is 2.65 bits per heavy atom. The highest BCUT2D eigenvalue weighted by Crippen LogP contribution is 2.31. The molecule has 34 heavy (non-hydrogen) atoms. The first-order chi connectivity index (χ1) is 16.0. The van der Waals surface area contributed by atoms with Gasteiger partial charge in [0.15, 0.2) is 0 Å². The van der Waals surface area contributed by atoms with Crippen molar-refractivity contribution in [2.75, 3.05) is 13.1 Å². The van der Waals surface area contributed by atoms with Gasteiger partial charge in [0.05, 0.1) is 23.3 Å². The number of nitrogens with one attached hydrogen (secondary N) is 2. The van der Waals surface area contributed by atoms with Gasteiger partial charge >= 0.3 is 0 Å². The van der Waals surface area contributed by atoms with Gasteiger partial charge in [-0.05, 0) is 44.0 Å². The van der Waals surface area contributed by atoms with Crippen LogP contribution in [0.25, 0.3) is 10.9 Å². The summed E-state index contributed by atoms with van der Waals surface area (Å²) in [6.45, 7) is 10.9. The Bertz CT molecular complexity index is 1330. The lowest BCUT2D eigenvalue weighted by Gasteiger charge is -2.25. The van der Waals surface area contributed by atoms with Gasteiger partial charge in [0, 0.05) is 46.2 Å². The highest BCUT2D eigenvalue weighted by molar-refractivity contribution is 9.10. The number of halogens is 1. The maximum absolute atomic E-state index is 13.1. The van der Waals surface area contributed by atoms with E-state index in [9.17, 15) is 14.4 Å². The molecule has 0 bridgehead atoms. The van der Waals surface area contributed by atoms with Crippen LogP contribution in [0.1, 0.15) is 60.4 Å². The van der Waals surface area contributed by atoms with Crippen molar-refractivity contribution in [3.8, 4) is 0 Å². The van der Waals surface area contributed by atoms with E-state index in [0.717, 1.165) is 33.1 Å². The summed E-state index contributed by atoms with van der Waals surface area (Å²) >= 11 is 3.53. The maximum Gasteiger partial charge on any atom is 0.253 e. The van der Waals surface area contributed by atoms with Crippen LogP contribution in [0.4, 0.5) is 0 Å². The van der Waals surface area contributed by atoms with Crippen LogP contribution in [0.3, 0.4) is 0 Å². The third-order valence-corrected chi connectivity index (χ3v) is 6.74. The SMILES string of the molecule is Cc1cc(C)c(CNC(=O)c2cc(Br)cc3c2cnn3C2CCN(C(=O)C(C)(C)C)C2)c(=O)[nH]1. The number of H-pyrrole nitrogens is 1. The quantitative estimate of drug-likeness (QED) is 0.537. The monoisotopic (exact) mass is 527 g/mol. The summed E-state index contributed by atoms with van der Waals surface area (Å²) in [6, 6.07) is 5.64. The van der Waals surface area contributed by atoms with Gasteiger partial charge < -0.3 is 15.2 Å². The van der Waals surface area contributed by atoms with Crippen LogP contribution in [0.2, 0.25) is 0 Å². The van der Waals surface area contributed by atoms with Gasteiger partial charge in [-0.2, -0.15) is 5.10 Å². The number of aromatic amines is 1. The van der Waals surface area contributed by atoms with E-state index in [2.05, 4.69) is 31.3 Å². The van der Waals surface area contributed by atoms with E-state index in [-0.39, 0.29) is 30.0 Å². The first-order valence-corrected chi connectivity index (χ1v) is 12.2. The zero-order chi connectivity index (χ0) is 24.8. The molecule has 9 heteroatoms. The average molecular weight is 528 g/mol. The fourth-order valence-corrected chi connectivity index (χ4v) is 5.00. The van der Waals surface area contributed by atoms with Crippen LogP contribution in [0, 0.1) is 19.3 Å². The Morgan fingerprint density at radius 1 is 1.24 bits per heavy atom. The molecule has 3 heterocycles. The largest absolute Gasteiger partial charge is 0.348 e. The second-order valence-corrected chi connectivity index (χ2v) is 11.0. The molecule has 1 atom stereocenters. The van der Waals surface area contributed by atoms with Gasteiger partial charge in [-0.3, -0.25) is 19.1 Å². The van der Waals surface area contributed by atoms with Crippen molar-refractivity contribution in [3.63, 3.8) is 0 Å². The maximum atomic E-state index is 13.1. The number of hydrogen-bond acceptors (Lipinski definition) is 4. The molecular weight excluding hydrogens is 498 g/mol. The first kappa shape index (κ1) is 24.2. The number of pyridine rings is 1. The smallest absolute Gasteiger partial charge is 0.253 e. The second-order valence-electron chi connectivity index (χ2n) is 10.0. The van der Waals surface area contributed by atoms with E-state index in [1.54, 1.807) is 12.3 Å². The lowest BCUT2D eigenvalue weighted by Crippen LogP contribution is -2.38. The number of carbonyl (C=O) groups excluding carboxylic acids is 2. The van der Waals surface area contributed by atoms with Gasteiger partial charge in [-0.15, -0.1) is 0 Å². The van der Waals surface area contributed by atoms with Gasteiger partial charge in [0.1, 0.15) is 0 Å². The van der Waals surface area contributed by atoms with Crippen LogP contribution in [0.15, 0.2) is 33.7 Å². The molecule has 4 rings (SSSR count). The molecule has 2 amide bonds. The van der Waals surface area contributed by atoms with Crippen LogP contribution in [-0.2, 0) is 11.3 Å². The van der Waals surface area contributed by atoms with Crippen molar-refractivity contribution < 1.29 is 9.59 Å². The highest BCUT2D eigenvalue weighted by Gasteiger charge is 2.34. The molecule has 2 aromatic heterocycles. The van der Waals surface area contributed by atoms with Crippen molar-refractivity contribution in [1.82, 2.24) is 25.0 Å². The van der Waals surface area contributed by atoms with Crippen LogP contribution >= 0.6 is 15.9 Å². The third-order valence-electron chi connectivity index (χ3n) is 6.28. The minimum Gasteiger partial charge on any atom is -0.348 e. The van der Waals surface area contributed by atoms with E-state index in [1.807, 2.05) is 56.3 Å². The molecule has 0 spiro atoms. The number of carbonyl (C=O) groups is 2. The zero-order valence-corrected chi connectivity index (χ0v) is 21.7. The number of benzene rings is 1. The van der Waals surface area contributed by atoms with E-state index < -0.39 is 5.41 Å². The number of likely N-dealkylation sites (tertiary alicyclic amines) is 1. The fraction of sp³-hybridized carbons (Fsp3) is 0.440. The summed E-state index contributed by atoms with van der Waals surface area (Å²) in [5, 5.41) is 8.21. The number of hydrogen-bond donors (Lipinski definition) is 2. The lowest BCUT2D eigenvalue weighted by molar-refractivity contribution is -0.138. The number of fused-ring (bicyclic) bond motifs is 1. The van der Waals surface area contributed by atoms with Crippen molar-refractivity contribution in [1.29, 1.82) is 0 Å². The standard InChI is InChI=1S/C25H30BrN5O3/c1-14-8-15(2)29-23(33)19(14)11-27-22(32)18-9-16(26)10-21-20(18)12-28-31(21)17-6-7-30(13-17)24(34)25(3,4)5/h8-10,12,17H,6-7,11,13H2,1-5H3,(H,27,32)(H,29,33). The topological polar surface area (TPSA) is 100 Å². The van der Waals surface area contributed by atoms with E-state index >= 15 is 0 Å². The molecule has 1 aliphatic heterocycles. The number of aromatic nitrogens is 3. The predicted molar refractivity (Wildman–Crippen MR) is 135 cm³/mol. The molecule has 0 saturated carbocycles. The molecule has 1 aromatic carbocycles. The van der Waals surface area contributed by atoms with Gasteiger partial charge in [-0.1, -0.05) is 36.7 Å². The summed E-state index contributed by atoms with van der Waals surface area (Å²) < 4.78 is 2.68. The number of nitrogens with zero attached hydrogens (tertiary/aromatic N) is 3. The molecule has 8 nitrogen and oxygen atoms in total. The van der Waals surface area contributed by atoms with E-state index in [0.29, 0.717) is 24.2 Å². The molecule has 0 radical (unpaired) electrons. The Morgan fingerprint density at radius 2 is 1.97 bits per heavy atom. The Balaban J connectivity index is 1.58. The van der Waals surface area contributed by atoms with Crippen molar-refractivity contribution in [3.05, 3.63) is 61.6 Å². The number of amides is 2. The summed E-state index contributed by atoms with van der Waals surface area (Å²) in [5.74, 6) is -0.143. The first-order valence-electron chi connectivity index (χ1n) is 11.4. The molecule has 1 fully saturated rings. The minimum atomic E-state index is -0.424.